The van der Waals surface area contributed by atoms with Crippen LogP contribution in [0.15, 0.2) is 18.6 Å². The fourth-order valence-corrected chi connectivity index (χ4v) is 2.27. The van der Waals surface area contributed by atoms with Crippen LogP contribution in [0.25, 0.3) is 0 Å². The Hall–Kier alpha value is -1.33. The monoisotopic (exact) mass is 311 g/mol. The van der Waals surface area contributed by atoms with E-state index in [1.54, 1.807) is 0 Å². The van der Waals surface area contributed by atoms with Crippen LogP contribution in [-0.4, -0.2) is 19.6 Å². The molecule has 0 atom stereocenters. The van der Waals surface area contributed by atoms with E-state index in [1.165, 1.54) is 11.1 Å². The van der Waals surface area contributed by atoms with Crippen molar-refractivity contribution in [3.63, 3.8) is 0 Å². The summed E-state index contributed by atoms with van der Waals surface area (Å²) in [6.07, 6.45) is 8.43. The molecule has 0 saturated heterocycles. The number of rotatable bonds is 8. The Bertz CT molecular complexity index is 532. The van der Waals surface area contributed by atoms with Crippen molar-refractivity contribution in [2.45, 2.75) is 59.8 Å². The van der Waals surface area contributed by atoms with Gasteiger partial charge in [-0.2, -0.15) is 10.2 Å². The second-order valence-corrected chi connectivity index (χ2v) is 5.22. The second kappa shape index (κ2) is 8.85. The van der Waals surface area contributed by atoms with Crippen LogP contribution in [-0.2, 0) is 26.2 Å². The molecule has 0 unspecified atom stereocenters. The van der Waals surface area contributed by atoms with Gasteiger partial charge in [0.25, 0.3) is 0 Å². The summed E-state index contributed by atoms with van der Waals surface area (Å²) in [5.74, 6) is 0. The highest BCUT2D eigenvalue weighted by Gasteiger charge is 2.04. The Balaban J connectivity index is 0.00000220. The molecule has 0 aromatic carbocycles. The molecule has 2 aromatic rings. The highest BCUT2D eigenvalue weighted by atomic mass is 35.5. The molecule has 5 nitrogen and oxygen atoms in total. The first-order chi connectivity index (χ1) is 9.72. The molecule has 6 heteroatoms. The van der Waals surface area contributed by atoms with Crippen LogP contribution in [0, 0.1) is 6.92 Å². The largest absolute Gasteiger partial charge is 0.308 e. The van der Waals surface area contributed by atoms with Crippen molar-refractivity contribution in [3.05, 3.63) is 35.4 Å². The van der Waals surface area contributed by atoms with E-state index in [9.17, 15) is 0 Å². The van der Waals surface area contributed by atoms with Gasteiger partial charge in [-0.1, -0.05) is 13.8 Å². The number of nitrogens with one attached hydrogen (secondary N) is 1. The average molecular weight is 312 g/mol. The van der Waals surface area contributed by atoms with E-state index in [0.29, 0.717) is 0 Å². The first-order valence-corrected chi connectivity index (χ1v) is 7.48. The van der Waals surface area contributed by atoms with Gasteiger partial charge >= 0.3 is 0 Å². The van der Waals surface area contributed by atoms with E-state index in [4.69, 9.17) is 0 Å². The molecule has 0 spiro atoms. The van der Waals surface area contributed by atoms with Gasteiger partial charge in [0.1, 0.15) is 0 Å². The van der Waals surface area contributed by atoms with Crippen molar-refractivity contribution < 1.29 is 0 Å². The summed E-state index contributed by atoms with van der Waals surface area (Å²) < 4.78 is 4.03. The third-order valence-electron chi connectivity index (χ3n) is 3.28. The van der Waals surface area contributed by atoms with Gasteiger partial charge in [-0.05, 0) is 19.8 Å². The Kier molecular flexibility index (Phi) is 7.47. The SMILES string of the molecule is CCCn1cc(CNCc2cn(CCC)nc2C)cn1.Cl. The maximum Gasteiger partial charge on any atom is 0.0638 e. The molecule has 0 saturated carbocycles. The molecule has 0 amide bonds. The van der Waals surface area contributed by atoms with Gasteiger partial charge in [-0.25, -0.2) is 0 Å². The highest BCUT2D eigenvalue weighted by Crippen LogP contribution is 2.06. The number of aryl methyl sites for hydroxylation is 3. The minimum Gasteiger partial charge on any atom is -0.308 e. The number of halogens is 1. The second-order valence-electron chi connectivity index (χ2n) is 5.22. The lowest BCUT2D eigenvalue weighted by Gasteiger charge is -2.01. The summed E-state index contributed by atoms with van der Waals surface area (Å²) >= 11 is 0. The van der Waals surface area contributed by atoms with E-state index in [2.05, 4.69) is 48.7 Å². The zero-order valence-electron chi connectivity index (χ0n) is 13.2. The molecule has 0 aliphatic carbocycles. The van der Waals surface area contributed by atoms with Crippen LogP contribution in [0.2, 0.25) is 0 Å². The van der Waals surface area contributed by atoms with Crippen molar-refractivity contribution in [1.29, 1.82) is 0 Å². The van der Waals surface area contributed by atoms with Gasteiger partial charge in [-0.3, -0.25) is 9.36 Å². The maximum atomic E-state index is 4.51. The zero-order chi connectivity index (χ0) is 14.4. The van der Waals surface area contributed by atoms with E-state index >= 15 is 0 Å². The highest BCUT2D eigenvalue weighted by molar-refractivity contribution is 5.85. The first kappa shape index (κ1) is 17.7. The Morgan fingerprint density at radius 3 is 2.48 bits per heavy atom. The smallest absolute Gasteiger partial charge is 0.0638 e. The summed E-state index contributed by atoms with van der Waals surface area (Å²) in [6, 6.07) is 0. The van der Waals surface area contributed by atoms with E-state index in [-0.39, 0.29) is 12.4 Å². The molecule has 0 aliphatic heterocycles. The van der Waals surface area contributed by atoms with Gasteiger partial charge in [-0.15, -0.1) is 12.4 Å². The molecule has 0 aliphatic rings. The van der Waals surface area contributed by atoms with Crippen molar-refractivity contribution in [1.82, 2.24) is 24.9 Å². The molecule has 0 bridgehead atoms. The predicted octanol–water partition coefficient (Wildman–Crippen LogP) is 2.92. The predicted molar refractivity (Wildman–Crippen MR) is 87.6 cm³/mol. The minimum absolute atomic E-state index is 0. The minimum atomic E-state index is 0. The molecular formula is C15H26ClN5. The molecule has 2 rings (SSSR count). The van der Waals surface area contributed by atoms with Crippen LogP contribution < -0.4 is 5.32 Å². The molecular weight excluding hydrogens is 286 g/mol. The lowest BCUT2D eigenvalue weighted by Crippen LogP contribution is -2.12. The first-order valence-electron chi connectivity index (χ1n) is 7.48. The normalized spacial score (nSPS) is 10.6. The van der Waals surface area contributed by atoms with Crippen molar-refractivity contribution >= 4 is 12.4 Å². The maximum absolute atomic E-state index is 4.51. The van der Waals surface area contributed by atoms with Gasteiger partial charge < -0.3 is 5.32 Å². The van der Waals surface area contributed by atoms with Crippen molar-refractivity contribution in [2.24, 2.45) is 0 Å². The molecule has 2 heterocycles. The van der Waals surface area contributed by atoms with Gasteiger partial charge in [0.15, 0.2) is 0 Å². The number of hydrogen-bond acceptors (Lipinski definition) is 3. The standard InChI is InChI=1S/C15H25N5.ClH/c1-4-6-19-11-14(9-17-19)8-16-10-15-12-20(7-5-2)18-13(15)3;/h9,11-12,16H,4-8,10H2,1-3H3;1H. The topological polar surface area (TPSA) is 47.7 Å². The van der Waals surface area contributed by atoms with Crippen LogP contribution in [0.3, 0.4) is 0 Å². The molecule has 21 heavy (non-hydrogen) atoms. The summed E-state index contributed by atoms with van der Waals surface area (Å²) in [6.45, 7) is 10.1. The fraction of sp³-hybridized carbons (Fsp3) is 0.600. The van der Waals surface area contributed by atoms with Crippen LogP contribution in [0.4, 0.5) is 0 Å². The van der Waals surface area contributed by atoms with E-state index in [0.717, 1.165) is 44.7 Å². The average Bonchev–Trinajstić information content (AvgIpc) is 2.99. The van der Waals surface area contributed by atoms with Crippen LogP contribution in [0.5, 0.6) is 0 Å². The summed E-state index contributed by atoms with van der Waals surface area (Å²) in [4.78, 5) is 0. The van der Waals surface area contributed by atoms with Crippen molar-refractivity contribution in [3.8, 4) is 0 Å². The fourth-order valence-electron chi connectivity index (χ4n) is 2.27. The third kappa shape index (κ3) is 5.17. The van der Waals surface area contributed by atoms with Crippen LogP contribution >= 0.6 is 12.4 Å². The number of hydrogen-bond donors (Lipinski definition) is 1. The quantitative estimate of drug-likeness (QED) is 0.815. The summed E-state index contributed by atoms with van der Waals surface area (Å²) in [5.41, 5.74) is 3.63. The summed E-state index contributed by atoms with van der Waals surface area (Å²) in [5, 5.41) is 12.3. The van der Waals surface area contributed by atoms with E-state index in [1.807, 2.05) is 15.6 Å². The molecule has 1 N–H and O–H groups in total. The number of aromatic nitrogens is 4. The number of nitrogens with zero attached hydrogens (tertiary/aromatic N) is 4. The zero-order valence-corrected chi connectivity index (χ0v) is 14.0. The molecule has 118 valence electrons. The van der Waals surface area contributed by atoms with Gasteiger partial charge in [0.05, 0.1) is 11.9 Å². The van der Waals surface area contributed by atoms with Gasteiger partial charge in [0, 0.05) is 49.7 Å². The third-order valence-corrected chi connectivity index (χ3v) is 3.28. The van der Waals surface area contributed by atoms with Crippen LogP contribution in [0.1, 0.15) is 43.5 Å². The van der Waals surface area contributed by atoms with Crippen molar-refractivity contribution in [2.75, 3.05) is 0 Å². The molecule has 0 fully saturated rings. The lowest BCUT2D eigenvalue weighted by atomic mass is 10.2. The molecule has 2 aromatic heterocycles. The Labute approximate surface area is 133 Å². The lowest BCUT2D eigenvalue weighted by molar-refractivity contribution is 0.597. The summed E-state index contributed by atoms with van der Waals surface area (Å²) in [7, 11) is 0. The van der Waals surface area contributed by atoms with Gasteiger partial charge in [0.2, 0.25) is 0 Å². The Morgan fingerprint density at radius 1 is 1.05 bits per heavy atom. The molecule has 0 radical (unpaired) electrons. The Morgan fingerprint density at radius 2 is 1.76 bits per heavy atom. The van der Waals surface area contributed by atoms with E-state index < -0.39 is 0 Å².